The van der Waals surface area contributed by atoms with Crippen LogP contribution in [0.25, 0.3) is 0 Å². The number of morpholine rings is 1. The Bertz CT molecular complexity index is 775. The summed E-state index contributed by atoms with van der Waals surface area (Å²) < 4.78 is 11.1. The Balaban J connectivity index is 0.00000363. The molecule has 2 aliphatic rings. The molecular formula is C23H38IN5O3. The highest BCUT2D eigenvalue weighted by molar-refractivity contribution is 14.0. The Morgan fingerprint density at radius 3 is 2.47 bits per heavy atom. The largest absolute Gasteiger partial charge is 0.444 e. The highest BCUT2D eigenvalue weighted by Crippen LogP contribution is 2.14. The third-order valence-corrected chi connectivity index (χ3v) is 5.40. The van der Waals surface area contributed by atoms with Crippen LogP contribution >= 0.6 is 24.0 Å². The van der Waals surface area contributed by atoms with E-state index in [-0.39, 0.29) is 36.2 Å². The summed E-state index contributed by atoms with van der Waals surface area (Å²) in [5, 5.41) is 0. The number of benzene rings is 1. The maximum atomic E-state index is 12.2. The second-order valence-corrected chi connectivity index (χ2v) is 9.37. The quantitative estimate of drug-likeness (QED) is 0.347. The van der Waals surface area contributed by atoms with Crippen molar-refractivity contribution in [1.29, 1.82) is 0 Å². The Morgan fingerprint density at radius 2 is 1.81 bits per heavy atom. The van der Waals surface area contributed by atoms with E-state index < -0.39 is 5.60 Å². The van der Waals surface area contributed by atoms with Crippen molar-refractivity contribution < 1.29 is 14.3 Å². The van der Waals surface area contributed by atoms with Crippen molar-refractivity contribution in [2.24, 2.45) is 10.7 Å². The minimum atomic E-state index is -0.483. The molecule has 0 radical (unpaired) electrons. The lowest BCUT2D eigenvalue weighted by molar-refractivity contribution is -0.0212. The van der Waals surface area contributed by atoms with Gasteiger partial charge in [0.2, 0.25) is 0 Å². The van der Waals surface area contributed by atoms with E-state index in [9.17, 15) is 4.79 Å². The lowest BCUT2D eigenvalue weighted by Gasteiger charge is -2.36. The summed E-state index contributed by atoms with van der Waals surface area (Å²) in [5.74, 6) is 0.524. The highest BCUT2D eigenvalue weighted by Gasteiger charge is 2.26. The van der Waals surface area contributed by atoms with Crippen molar-refractivity contribution in [3.05, 3.63) is 35.4 Å². The maximum Gasteiger partial charge on any atom is 0.410 e. The number of hydrogen-bond donors (Lipinski definition) is 1. The number of ether oxygens (including phenoxy) is 2. The summed E-state index contributed by atoms with van der Waals surface area (Å²) in [4.78, 5) is 23.0. The van der Waals surface area contributed by atoms with E-state index in [0.717, 1.165) is 31.8 Å². The van der Waals surface area contributed by atoms with Gasteiger partial charge in [-0.25, -0.2) is 9.79 Å². The van der Waals surface area contributed by atoms with Crippen molar-refractivity contribution in [1.82, 2.24) is 14.7 Å². The van der Waals surface area contributed by atoms with Crippen molar-refractivity contribution in [2.45, 2.75) is 52.5 Å². The van der Waals surface area contributed by atoms with Crippen LogP contribution in [-0.4, -0.2) is 84.3 Å². The monoisotopic (exact) mass is 559 g/mol. The fourth-order valence-electron chi connectivity index (χ4n) is 3.84. The van der Waals surface area contributed by atoms with Gasteiger partial charge in [0.25, 0.3) is 0 Å². The third kappa shape index (κ3) is 8.40. The molecule has 0 aromatic heterocycles. The molecule has 1 aromatic carbocycles. The van der Waals surface area contributed by atoms with Crippen LogP contribution in [0.1, 0.15) is 38.8 Å². The number of nitrogens with zero attached hydrogens (tertiary/aromatic N) is 4. The summed E-state index contributed by atoms with van der Waals surface area (Å²) >= 11 is 0. The lowest BCUT2D eigenvalue weighted by Crippen LogP contribution is -2.53. The number of carbonyl (C=O) groups is 1. The molecule has 0 aliphatic carbocycles. The second-order valence-electron chi connectivity index (χ2n) is 9.37. The third-order valence-electron chi connectivity index (χ3n) is 5.40. The van der Waals surface area contributed by atoms with Gasteiger partial charge in [0.1, 0.15) is 5.60 Å². The molecule has 3 rings (SSSR count). The zero-order chi connectivity index (χ0) is 22.4. The van der Waals surface area contributed by atoms with Gasteiger partial charge in [0, 0.05) is 45.8 Å². The summed E-state index contributed by atoms with van der Waals surface area (Å²) in [6, 6.07) is 8.53. The first-order chi connectivity index (χ1) is 14.7. The summed E-state index contributed by atoms with van der Waals surface area (Å²) in [7, 11) is 0. The molecule has 180 valence electrons. The van der Waals surface area contributed by atoms with Gasteiger partial charge in [0.05, 0.1) is 19.3 Å². The molecule has 8 nitrogen and oxygen atoms in total. The van der Waals surface area contributed by atoms with E-state index in [1.165, 1.54) is 5.56 Å². The maximum absolute atomic E-state index is 12.2. The Morgan fingerprint density at radius 1 is 1.16 bits per heavy atom. The minimum Gasteiger partial charge on any atom is -0.444 e. The summed E-state index contributed by atoms with van der Waals surface area (Å²) in [6.45, 7) is 14.4. The van der Waals surface area contributed by atoms with Gasteiger partial charge in [-0.2, -0.15) is 0 Å². The number of nitrogens with two attached hydrogens (primary N) is 1. The van der Waals surface area contributed by atoms with Crippen LogP contribution in [0.2, 0.25) is 0 Å². The molecule has 2 saturated heterocycles. The van der Waals surface area contributed by atoms with E-state index in [4.69, 9.17) is 15.2 Å². The number of piperazine rings is 1. The molecule has 2 aliphatic heterocycles. The average Bonchev–Trinajstić information content (AvgIpc) is 2.71. The molecule has 1 amide bonds. The SMILES string of the molecule is CC1CN(Cc2cccc(CN=C(N)N3CCN(C(=O)OC(C)(C)C)CC3)c2)CCO1.I. The summed E-state index contributed by atoms with van der Waals surface area (Å²) in [5.41, 5.74) is 8.19. The first kappa shape index (κ1) is 26.7. The smallest absolute Gasteiger partial charge is 0.410 e. The number of amides is 1. The number of guanidine groups is 1. The fraction of sp³-hybridized carbons (Fsp3) is 0.652. The Kier molecular flexibility index (Phi) is 10.0. The van der Waals surface area contributed by atoms with Gasteiger partial charge in [-0.1, -0.05) is 24.3 Å². The zero-order valence-electron chi connectivity index (χ0n) is 19.7. The van der Waals surface area contributed by atoms with Gasteiger partial charge in [-0.15, -0.1) is 24.0 Å². The topological polar surface area (TPSA) is 83.6 Å². The van der Waals surface area contributed by atoms with Gasteiger partial charge in [-0.3, -0.25) is 4.90 Å². The van der Waals surface area contributed by atoms with Crippen LogP contribution < -0.4 is 5.73 Å². The van der Waals surface area contributed by atoms with E-state index in [2.05, 4.69) is 41.1 Å². The van der Waals surface area contributed by atoms with Crippen molar-refractivity contribution in [3.8, 4) is 0 Å². The molecule has 1 unspecified atom stereocenters. The van der Waals surface area contributed by atoms with Gasteiger partial charge >= 0.3 is 6.09 Å². The number of rotatable bonds is 4. The van der Waals surface area contributed by atoms with Crippen LogP contribution in [0, 0.1) is 0 Å². The molecule has 2 N–H and O–H groups in total. The van der Waals surface area contributed by atoms with Gasteiger partial charge in [-0.05, 0) is 38.8 Å². The van der Waals surface area contributed by atoms with Crippen molar-refractivity contribution in [2.75, 3.05) is 45.9 Å². The van der Waals surface area contributed by atoms with E-state index in [1.807, 2.05) is 25.7 Å². The van der Waals surface area contributed by atoms with Gasteiger partial charge < -0.3 is 25.0 Å². The van der Waals surface area contributed by atoms with Crippen LogP contribution in [-0.2, 0) is 22.6 Å². The summed E-state index contributed by atoms with van der Waals surface area (Å²) in [6.07, 6.45) is 0.0197. The van der Waals surface area contributed by atoms with Crippen LogP contribution in [0.15, 0.2) is 29.3 Å². The number of aliphatic imine (C=N–C) groups is 1. The molecule has 1 aromatic rings. The molecule has 0 spiro atoms. The second kappa shape index (κ2) is 12.0. The molecule has 2 heterocycles. The molecule has 2 fully saturated rings. The lowest BCUT2D eigenvalue weighted by atomic mass is 10.1. The Labute approximate surface area is 209 Å². The Hall–Kier alpha value is -1.59. The minimum absolute atomic E-state index is 0. The standard InChI is InChI=1S/C23H37N5O3.HI/c1-18-16-26(12-13-30-18)17-20-7-5-6-19(14-20)15-25-21(24)27-8-10-28(11-9-27)22(29)31-23(2,3)4;/h5-7,14,18H,8-13,15-17H2,1-4H3,(H2,24,25);1H. The highest BCUT2D eigenvalue weighted by atomic mass is 127. The van der Waals surface area contributed by atoms with Crippen molar-refractivity contribution in [3.63, 3.8) is 0 Å². The molecule has 1 atom stereocenters. The first-order valence-electron chi connectivity index (χ1n) is 11.1. The average molecular weight is 559 g/mol. The van der Waals surface area contributed by atoms with Crippen molar-refractivity contribution >= 4 is 36.0 Å². The number of carbonyl (C=O) groups excluding carboxylic acids is 1. The zero-order valence-corrected chi connectivity index (χ0v) is 22.1. The molecular weight excluding hydrogens is 521 g/mol. The predicted octanol–water partition coefficient (Wildman–Crippen LogP) is 2.89. The van der Waals surface area contributed by atoms with E-state index >= 15 is 0 Å². The molecule has 0 bridgehead atoms. The molecule has 9 heteroatoms. The number of hydrogen-bond acceptors (Lipinski definition) is 5. The van der Waals surface area contributed by atoms with Crippen LogP contribution in [0.3, 0.4) is 0 Å². The van der Waals surface area contributed by atoms with Gasteiger partial charge in [0.15, 0.2) is 5.96 Å². The first-order valence-corrected chi connectivity index (χ1v) is 11.1. The normalized spacial score (nSPS) is 20.6. The van der Waals surface area contributed by atoms with E-state index in [0.29, 0.717) is 38.7 Å². The molecule has 32 heavy (non-hydrogen) atoms. The van der Waals surface area contributed by atoms with E-state index in [1.54, 1.807) is 4.90 Å². The van der Waals surface area contributed by atoms with Crippen LogP contribution in [0.5, 0.6) is 0 Å². The molecule has 0 saturated carbocycles. The predicted molar refractivity (Wildman–Crippen MR) is 137 cm³/mol. The fourth-order valence-corrected chi connectivity index (χ4v) is 3.84. The van der Waals surface area contributed by atoms with Crippen LogP contribution in [0.4, 0.5) is 4.79 Å². The number of halogens is 1.